The van der Waals surface area contributed by atoms with Gasteiger partial charge in [0.1, 0.15) is 11.6 Å². The van der Waals surface area contributed by atoms with Gasteiger partial charge in [0.05, 0.1) is 7.11 Å². The molecule has 0 aliphatic rings. The molecule has 2 rings (SSSR count). The van der Waals surface area contributed by atoms with E-state index in [4.69, 9.17) is 10.5 Å². The Hall–Kier alpha value is -2.56. The normalized spacial score (nSPS) is 11.3. The summed E-state index contributed by atoms with van der Waals surface area (Å²) in [5.74, 6) is 0.920. The maximum atomic E-state index is 13.0. The second-order valence-electron chi connectivity index (χ2n) is 4.94. The first kappa shape index (κ1) is 15.8. The standard InChI is InChI=1S/C17H20FN3O/c1-12-11-14(18)4-3-13(12)9-10-20-17(19)21-15-5-7-16(22-2)8-6-15/h3-8,11H,9-10H2,1-2H3,(H3,19,20,21). The number of nitrogens with two attached hydrogens (primary N) is 1. The van der Waals surface area contributed by atoms with Gasteiger partial charge in [0, 0.05) is 12.2 Å². The predicted molar refractivity (Wildman–Crippen MR) is 87.9 cm³/mol. The van der Waals surface area contributed by atoms with Crippen LogP contribution in [0.15, 0.2) is 47.5 Å². The molecular weight excluding hydrogens is 281 g/mol. The monoisotopic (exact) mass is 301 g/mol. The molecule has 0 atom stereocenters. The minimum Gasteiger partial charge on any atom is -0.497 e. The van der Waals surface area contributed by atoms with E-state index in [1.54, 1.807) is 13.2 Å². The number of aliphatic imine (C=N–C) groups is 1. The first-order valence-corrected chi connectivity index (χ1v) is 7.04. The zero-order valence-corrected chi connectivity index (χ0v) is 12.8. The molecule has 0 amide bonds. The predicted octanol–water partition coefficient (Wildman–Crippen LogP) is 3.11. The quantitative estimate of drug-likeness (QED) is 0.659. The molecule has 5 heteroatoms. The van der Waals surface area contributed by atoms with Crippen LogP contribution >= 0.6 is 0 Å². The molecule has 0 saturated heterocycles. The van der Waals surface area contributed by atoms with E-state index in [1.807, 2.05) is 31.2 Å². The lowest BCUT2D eigenvalue weighted by atomic mass is 10.1. The molecule has 0 aliphatic carbocycles. The average Bonchev–Trinajstić information content (AvgIpc) is 2.50. The molecule has 2 aromatic rings. The lowest BCUT2D eigenvalue weighted by molar-refractivity contribution is 0.415. The second kappa shape index (κ2) is 7.45. The Balaban J connectivity index is 1.89. The van der Waals surface area contributed by atoms with Crippen molar-refractivity contribution in [1.82, 2.24) is 0 Å². The second-order valence-corrected chi connectivity index (χ2v) is 4.94. The molecule has 22 heavy (non-hydrogen) atoms. The van der Waals surface area contributed by atoms with Crippen molar-refractivity contribution < 1.29 is 9.13 Å². The fourth-order valence-corrected chi connectivity index (χ4v) is 2.10. The Morgan fingerprint density at radius 3 is 2.59 bits per heavy atom. The summed E-state index contributed by atoms with van der Waals surface area (Å²) in [6.07, 6.45) is 0.719. The van der Waals surface area contributed by atoms with Crippen LogP contribution in [0.5, 0.6) is 5.75 Å². The maximum absolute atomic E-state index is 13.0. The van der Waals surface area contributed by atoms with E-state index in [0.717, 1.165) is 29.0 Å². The number of halogens is 1. The Morgan fingerprint density at radius 1 is 1.23 bits per heavy atom. The zero-order chi connectivity index (χ0) is 15.9. The van der Waals surface area contributed by atoms with Crippen LogP contribution < -0.4 is 15.8 Å². The first-order valence-electron chi connectivity index (χ1n) is 7.04. The Morgan fingerprint density at radius 2 is 1.95 bits per heavy atom. The lowest BCUT2D eigenvalue weighted by Crippen LogP contribution is -2.23. The molecule has 0 spiro atoms. The SMILES string of the molecule is COc1ccc(NC(N)=NCCc2ccc(F)cc2C)cc1. The van der Waals surface area contributed by atoms with Crippen LogP contribution in [0.3, 0.4) is 0 Å². The number of rotatable bonds is 5. The summed E-state index contributed by atoms with van der Waals surface area (Å²) >= 11 is 0. The van der Waals surface area contributed by atoms with Gasteiger partial charge in [-0.3, -0.25) is 4.99 Å². The Kier molecular flexibility index (Phi) is 5.36. The third kappa shape index (κ3) is 4.48. The topological polar surface area (TPSA) is 59.6 Å². The summed E-state index contributed by atoms with van der Waals surface area (Å²) in [7, 11) is 1.62. The van der Waals surface area contributed by atoms with Crippen LogP contribution in [-0.4, -0.2) is 19.6 Å². The zero-order valence-electron chi connectivity index (χ0n) is 12.8. The fraction of sp³-hybridized carbons (Fsp3) is 0.235. The minimum atomic E-state index is -0.217. The van der Waals surface area contributed by atoms with Gasteiger partial charge in [-0.1, -0.05) is 6.07 Å². The summed E-state index contributed by atoms with van der Waals surface area (Å²) in [6, 6.07) is 12.2. The van der Waals surface area contributed by atoms with E-state index in [9.17, 15) is 4.39 Å². The summed E-state index contributed by atoms with van der Waals surface area (Å²) in [5.41, 5.74) is 8.70. The summed E-state index contributed by atoms with van der Waals surface area (Å²) in [6.45, 7) is 2.43. The van der Waals surface area contributed by atoms with Crippen LogP contribution in [0, 0.1) is 12.7 Å². The molecule has 0 bridgehead atoms. The van der Waals surface area contributed by atoms with Gasteiger partial charge in [0.15, 0.2) is 5.96 Å². The Bertz CT molecular complexity index is 653. The van der Waals surface area contributed by atoms with Crippen molar-refractivity contribution in [1.29, 1.82) is 0 Å². The number of hydrogen-bond acceptors (Lipinski definition) is 2. The van der Waals surface area contributed by atoms with Gasteiger partial charge >= 0.3 is 0 Å². The van der Waals surface area contributed by atoms with Gasteiger partial charge in [0.25, 0.3) is 0 Å². The summed E-state index contributed by atoms with van der Waals surface area (Å²) < 4.78 is 18.1. The fourth-order valence-electron chi connectivity index (χ4n) is 2.10. The molecular formula is C17H20FN3O. The van der Waals surface area contributed by atoms with E-state index in [-0.39, 0.29) is 5.82 Å². The number of methoxy groups -OCH3 is 1. The van der Waals surface area contributed by atoms with Gasteiger partial charge in [0.2, 0.25) is 0 Å². The number of benzene rings is 2. The summed E-state index contributed by atoms with van der Waals surface area (Å²) in [5, 5.41) is 3.02. The van der Waals surface area contributed by atoms with Crippen LogP contribution in [-0.2, 0) is 6.42 Å². The van der Waals surface area contributed by atoms with Gasteiger partial charge in [-0.2, -0.15) is 0 Å². The molecule has 0 radical (unpaired) electrons. The average molecular weight is 301 g/mol. The Labute approximate surface area is 129 Å². The van der Waals surface area contributed by atoms with Crippen LogP contribution in [0.1, 0.15) is 11.1 Å². The third-order valence-corrected chi connectivity index (χ3v) is 3.33. The first-order chi connectivity index (χ1) is 10.6. The number of anilines is 1. The van der Waals surface area contributed by atoms with Crippen LogP contribution in [0.4, 0.5) is 10.1 Å². The van der Waals surface area contributed by atoms with Gasteiger partial charge in [-0.15, -0.1) is 0 Å². The number of hydrogen-bond donors (Lipinski definition) is 2. The van der Waals surface area contributed by atoms with E-state index >= 15 is 0 Å². The maximum Gasteiger partial charge on any atom is 0.193 e. The number of aryl methyl sites for hydroxylation is 1. The van der Waals surface area contributed by atoms with Crippen molar-refractivity contribution in [2.45, 2.75) is 13.3 Å². The largest absolute Gasteiger partial charge is 0.497 e. The number of guanidine groups is 1. The van der Waals surface area contributed by atoms with Crippen molar-refractivity contribution in [3.05, 3.63) is 59.4 Å². The molecule has 0 unspecified atom stereocenters. The van der Waals surface area contributed by atoms with Gasteiger partial charge in [-0.05, 0) is 60.9 Å². The minimum absolute atomic E-state index is 0.217. The van der Waals surface area contributed by atoms with Crippen molar-refractivity contribution in [2.24, 2.45) is 10.7 Å². The van der Waals surface area contributed by atoms with Crippen LogP contribution in [0.25, 0.3) is 0 Å². The van der Waals surface area contributed by atoms with Crippen molar-refractivity contribution in [3.63, 3.8) is 0 Å². The van der Waals surface area contributed by atoms with Gasteiger partial charge in [-0.25, -0.2) is 4.39 Å². The van der Waals surface area contributed by atoms with Crippen LogP contribution in [0.2, 0.25) is 0 Å². The molecule has 0 fully saturated rings. The number of ether oxygens (including phenoxy) is 1. The summed E-state index contributed by atoms with van der Waals surface area (Å²) in [4.78, 5) is 4.28. The highest BCUT2D eigenvalue weighted by Crippen LogP contribution is 2.14. The van der Waals surface area contributed by atoms with Crippen molar-refractivity contribution in [2.75, 3.05) is 19.0 Å². The van der Waals surface area contributed by atoms with Crippen molar-refractivity contribution in [3.8, 4) is 5.75 Å². The van der Waals surface area contributed by atoms with E-state index in [1.165, 1.54) is 12.1 Å². The van der Waals surface area contributed by atoms with Crippen molar-refractivity contribution >= 4 is 11.6 Å². The molecule has 2 aromatic carbocycles. The molecule has 4 nitrogen and oxygen atoms in total. The number of nitrogens with zero attached hydrogens (tertiary/aromatic N) is 1. The molecule has 0 aromatic heterocycles. The smallest absolute Gasteiger partial charge is 0.193 e. The number of nitrogens with one attached hydrogen (secondary N) is 1. The van der Waals surface area contributed by atoms with E-state index < -0.39 is 0 Å². The highest BCUT2D eigenvalue weighted by molar-refractivity contribution is 5.92. The highest BCUT2D eigenvalue weighted by Gasteiger charge is 2.00. The molecule has 0 saturated carbocycles. The molecule has 0 aliphatic heterocycles. The van der Waals surface area contributed by atoms with E-state index in [2.05, 4.69) is 10.3 Å². The van der Waals surface area contributed by atoms with E-state index in [0.29, 0.717) is 12.5 Å². The molecule has 0 heterocycles. The molecule has 116 valence electrons. The molecule has 3 N–H and O–H groups in total. The third-order valence-electron chi connectivity index (χ3n) is 3.33. The highest BCUT2D eigenvalue weighted by atomic mass is 19.1. The van der Waals surface area contributed by atoms with Gasteiger partial charge < -0.3 is 15.8 Å². The lowest BCUT2D eigenvalue weighted by Gasteiger charge is -2.07.